The van der Waals surface area contributed by atoms with E-state index in [9.17, 15) is 13.5 Å². The highest BCUT2D eigenvalue weighted by Crippen LogP contribution is 2.40. The highest BCUT2D eigenvalue weighted by atomic mass is 35.5. The van der Waals surface area contributed by atoms with E-state index in [1.807, 2.05) is 29.0 Å². The number of benzene rings is 1. The van der Waals surface area contributed by atoms with Crippen molar-refractivity contribution in [3.63, 3.8) is 0 Å². The number of anilines is 1. The number of rotatable bonds is 6. The summed E-state index contributed by atoms with van der Waals surface area (Å²) in [6.45, 7) is -0.138. The van der Waals surface area contributed by atoms with Crippen LogP contribution in [0.25, 0.3) is 11.0 Å². The Bertz CT molecular complexity index is 1260. The Morgan fingerprint density at radius 3 is 2.94 bits per heavy atom. The number of nitrogens with zero attached hydrogens (tertiary/aromatic N) is 3. The van der Waals surface area contributed by atoms with Gasteiger partial charge in [0, 0.05) is 23.2 Å². The quantitative estimate of drug-likeness (QED) is 0.497. The Balaban J connectivity index is 1.37. The molecule has 2 aliphatic carbocycles. The maximum absolute atomic E-state index is 11.1. The number of hydrogen-bond acceptors (Lipinski definition) is 7. The lowest BCUT2D eigenvalue weighted by molar-refractivity contribution is 0.100. The van der Waals surface area contributed by atoms with Crippen LogP contribution in [0.4, 0.5) is 5.82 Å². The van der Waals surface area contributed by atoms with Crippen molar-refractivity contribution in [3.8, 4) is 0 Å². The van der Waals surface area contributed by atoms with E-state index >= 15 is 0 Å². The lowest BCUT2D eigenvalue weighted by Crippen LogP contribution is -2.24. The van der Waals surface area contributed by atoms with Crippen LogP contribution in [0.1, 0.15) is 42.5 Å². The summed E-state index contributed by atoms with van der Waals surface area (Å²) in [5.74, 6) is 0.425. The first-order valence-electron chi connectivity index (χ1n) is 10.5. The van der Waals surface area contributed by atoms with E-state index in [2.05, 4.69) is 21.4 Å². The van der Waals surface area contributed by atoms with Gasteiger partial charge in [0.05, 0.1) is 24.1 Å². The van der Waals surface area contributed by atoms with E-state index in [0.29, 0.717) is 12.8 Å². The number of aromatic nitrogens is 3. The molecule has 0 radical (unpaired) electrons. The molecule has 0 aliphatic heterocycles. The van der Waals surface area contributed by atoms with Gasteiger partial charge in [0.25, 0.3) is 0 Å². The molecule has 2 aromatic heterocycles. The van der Waals surface area contributed by atoms with E-state index < -0.39 is 16.4 Å². The summed E-state index contributed by atoms with van der Waals surface area (Å²) < 4.78 is 28.9. The van der Waals surface area contributed by atoms with Gasteiger partial charge in [-0.25, -0.2) is 15.1 Å². The number of halogens is 1. The van der Waals surface area contributed by atoms with Gasteiger partial charge in [0.1, 0.15) is 17.8 Å². The fraction of sp³-hybridized carbons (Fsp3) is 0.429. The molecular formula is C21H24ClN5O4S. The lowest BCUT2D eigenvalue weighted by atomic mass is 10.1. The van der Waals surface area contributed by atoms with Gasteiger partial charge >= 0.3 is 10.3 Å². The minimum Gasteiger partial charge on any atom is -0.393 e. The smallest absolute Gasteiger partial charge is 0.333 e. The molecule has 0 amide bonds. The molecule has 2 aliphatic rings. The van der Waals surface area contributed by atoms with Crippen LogP contribution in [0.15, 0.2) is 36.8 Å². The second-order valence-electron chi connectivity index (χ2n) is 8.46. The zero-order valence-electron chi connectivity index (χ0n) is 17.2. The third-order valence-corrected chi connectivity index (χ3v) is 7.32. The minimum absolute atomic E-state index is 0.0367. The Morgan fingerprint density at radius 2 is 2.12 bits per heavy atom. The summed E-state index contributed by atoms with van der Waals surface area (Å²) in [6.07, 6.45) is 5.67. The molecule has 0 saturated heterocycles. The third-order valence-electron chi connectivity index (χ3n) is 6.51. The second-order valence-corrected chi connectivity index (χ2v) is 10.1. The molecule has 0 unspecified atom stereocenters. The van der Waals surface area contributed by atoms with Crippen molar-refractivity contribution in [1.29, 1.82) is 0 Å². The first-order valence-corrected chi connectivity index (χ1v) is 12.4. The van der Waals surface area contributed by atoms with Gasteiger partial charge in [-0.05, 0) is 48.9 Å². The molecule has 170 valence electrons. The van der Waals surface area contributed by atoms with Gasteiger partial charge in [-0.1, -0.05) is 23.7 Å². The van der Waals surface area contributed by atoms with Crippen LogP contribution in [0.2, 0.25) is 5.02 Å². The van der Waals surface area contributed by atoms with E-state index in [0.717, 1.165) is 34.7 Å². The number of fused-ring (bicyclic) bond motifs is 2. The van der Waals surface area contributed by atoms with Crippen LogP contribution in [0.3, 0.4) is 0 Å². The molecule has 1 fully saturated rings. The molecular weight excluding hydrogens is 454 g/mol. The van der Waals surface area contributed by atoms with Crippen LogP contribution in [0.5, 0.6) is 0 Å². The van der Waals surface area contributed by atoms with Crippen molar-refractivity contribution in [1.82, 2.24) is 14.5 Å². The normalized spacial score (nSPS) is 25.3. The average Bonchev–Trinajstić information content (AvgIpc) is 3.44. The van der Waals surface area contributed by atoms with Crippen molar-refractivity contribution >= 4 is 38.8 Å². The summed E-state index contributed by atoms with van der Waals surface area (Å²) in [5.41, 5.74) is 3.14. The lowest BCUT2D eigenvalue weighted by Gasteiger charge is -2.17. The van der Waals surface area contributed by atoms with E-state index in [-0.39, 0.29) is 24.6 Å². The number of hydrogen-bond donors (Lipinski definition) is 3. The zero-order valence-corrected chi connectivity index (χ0v) is 18.8. The topological polar surface area (TPSA) is 132 Å². The largest absolute Gasteiger partial charge is 0.393 e. The minimum atomic E-state index is -4.04. The Morgan fingerprint density at radius 1 is 1.28 bits per heavy atom. The van der Waals surface area contributed by atoms with Gasteiger partial charge in [-0.3, -0.25) is 4.18 Å². The summed E-state index contributed by atoms with van der Waals surface area (Å²) in [6, 6.07) is 8.03. The van der Waals surface area contributed by atoms with Crippen LogP contribution in [0, 0.1) is 5.92 Å². The van der Waals surface area contributed by atoms with Gasteiger partial charge in [0.2, 0.25) is 0 Å². The number of nitrogens with two attached hydrogens (primary N) is 1. The van der Waals surface area contributed by atoms with E-state index in [1.165, 1.54) is 17.5 Å². The Hall–Kier alpha value is -2.24. The van der Waals surface area contributed by atoms with E-state index in [4.69, 9.17) is 20.9 Å². The zero-order chi connectivity index (χ0) is 22.5. The first kappa shape index (κ1) is 21.6. The summed E-state index contributed by atoms with van der Waals surface area (Å²) in [7, 11) is -4.04. The maximum Gasteiger partial charge on any atom is 0.333 e. The van der Waals surface area contributed by atoms with Crippen LogP contribution in [-0.2, 0) is 20.9 Å². The first-order chi connectivity index (χ1) is 15.3. The molecule has 1 saturated carbocycles. The third kappa shape index (κ3) is 4.08. The van der Waals surface area contributed by atoms with Crippen molar-refractivity contribution in [2.75, 3.05) is 11.9 Å². The second kappa shape index (κ2) is 8.27. The van der Waals surface area contributed by atoms with Crippen molar-refractivity contribution < 1.29 is 17.7 Å². The average molecular weight is 478 g/mol. The predicted octanol–water partition coefficient (Wildman–Crippen LogP) is 2.72. The molecule has 0 bridgehead atoms. The molecule has 0 spiro atoms. The molecule has 2 heterocycles. The Kier molecular flexibility index (Phi) is 5.58. The molecule has 4 atom stereocenters. The number of aliphatic hydroxyl groups excluding tert-OH is 1. The molecule has 3 aromatic rings. The van der Waals surface area contributed by atoms with Crippen LogP contribution in [-0.4, -0.2) is 40.8 Å². The van der Waals surface area contributed by atoms with Crippen LogP contribution < -0.4 is 10.5 Å². The van der Waals surface area contributed by atoms with Gasteiger partial charge in [-0.2, -0.15) is 8.42 Å². The van der Waals surface area contributed by atoms with Crippen LogP contribution >= 0.6 is 11.6 Å². The number of nitrogens with one attached hydrogen (secondary N) is 1. The van der Waals surface area contributed by atoms with Crippen molar-refractivity contribution in [3.05, 3.63) is 52.9 Å². The highest BCUT2D eigenvalue weighted by molar-refractivity contribution is 7.84. The summed E-state index contributed by atoms with van der Waals surface area (Å²) in [5, 5.41) is 20.6. The van der Waals surface area contributed by atoms with Gasteiger partial charge in [-0.15, -0.1) is 0 Å². The van der Waals surface area contributed by atoms with Gasteiger partial charge in [0.15, 0.2) is 0 Å². The molecule has 9 nitrogen and oxygen atoms in total. The number of aliphatic hydroxyl groups is 1. The van der Waals surface area contributed by atoms with Crippen molar-refractivity contribution in [2.24, 2.45) is 11.1 Å². The van der Waals surface area contributed by atoms with Crippen molar-refractivity contribution in [2.45, 2.75) is 43.9 Å². The summed E-state index contributed by atoms with van der Waals surface area (Å²) in [4.78, 5) is 8.95. The molecule has 32 heavy (non-hydrogen) atoms. The molecule has 4 N–H and O–H groups in total. The molecule has 11 heteroatoms. The monoisotopic (exact) mass is 477 g/mol. The predicted molar refractivity (Wildman–Crippen MR) is 120 cm³/mol. The maximum atomic E-state index is 11.1. The van der Waals surface area contributed by atoms with Gasteiger partial charge < -0.3 is 15.0 Å². The molecule has 5 rings (SSSR count). The Labute approximate surface area is 190 Å². The SMILES string of the molecule is NS(=O)(=O)OC[C@@H]1C[C@@H](n2ccc3c(N[C@H]4CCc5c(Cl)cccc54)ncnc32)C[C@@H]1O. The fourth-order valence-corrected chi connectivity index (χ4v) is 5.61. The molecule has 1 aromatic carbocycles. The highest BCUT2D eigenvalue weighted by Gasteiger charge is 2.35. The fourth-order valence-electron chi connectivity index (χ4n) is 4.97. The summed E-state index contributed by atoms with van der Waals surface area (Å²) >= 11 is 6.35. The van der Waals surface area contributed by atoms with E-state index in [1.54, 1.807) is 0 Å². The standard InChI is InChI=1S/C21H24ClN5O4S/c22-17-3-1-2-15-14(17)4-5-18(15)26-20-16-6-7-27(21(16)25-11-24-20)13-8-12(19(28)9-13)10-31-32(23,29)30/h1-3,6-7,11-13,18-19,28H,4-5,8-10H2,(H2,23,29,30)(H,24,25,26)/t12-,13+,18-,19-/m0/s1.